The van der Waals surface area contributed by atoms with Crippen LogP contribution in [0.15, 0.2) is 48.5 Å². The molecule has 1 atom stereocenters. The van der Waals surface area contributed by atoms with Crippen molar-refractivity contribution in [3.63, 3.8) is 0 Å². The van der Waals surface area contributed by atoms with Gasteiger partial charge in [0.1, 0.15) is 11.5 Å². The Morgan fingerprint density at radius 2 is 1.69 bits per heavy atom. The summed E-state index contributed by atoms with van der Waals surface area (Å²) in [5, 5.41) is 0. The van der Waals surface area contributed by atoms with Gasteiger partial charge in [0.15, 0.2) is 24.3 Å². The molecule has 0 heterocycles. The summed E-state index contributed by atoms with van der Waals surface area (Å²) in [5.41, 5.74) is 4.39. The molecule has 0 saturated heterocycles. The number of hydrazine groups is 1. The molecule has 8 heteroatoms. The minimum Gasteiger partial charge on any atom is -0.497 e. The normalized spacial score (nSPS) is 11.2. The number of methoxy groups -OCH3 is 1. The number of nitrogens with one attached hydrogen (secondary N) is 2. The van der Waals surface area contributed by atoms with Crippen molar-refractivity contribution in [2.75, 3.05) is 13.7 Å². The third-order valence-electron chi connectivity index (χ3n) is 3.26. The molecule has 0 aliphatic rings. The third-order valence-corrected chi connectivity index (χ3v) is 3.26. The Labute approximate surface area is 150 Å². The highest BCUT2D eigenvalue weighted by atomic mass is 19.1. The lowest BCUT2D eigenvalue weighted by Crippen LogP contribution is -2.48. The Bertz CT molecular complexity index is 752. The Hall–Kier alpha value is -3.29. The molecule has 0 aliphatic heterocycles. The molecule has 0 spiro atoms. The number of hydrogen-bond acceptors (Lipinski definition) is 5. The molecule has 0 unspecified atom stereocenters. The minimum atomic E-state index is -1.00. The molecule has 0 bridgehead atoms. The number of rotatable bonds is 7. The van der Waals surface area contributed by atoms with Crippen molar-refractivity contribution in [3.05, 3.63) is 54.3 Å². The van der Waals surface area contributed by atoms with Crippen LogP contribution in [0.1, 0.15) is 6.92 Å². The maximum atomic E-state index is 13.5. The Balaban J connectivity index is 1.73. The molecule has 0 fully saturated rings. The van der Waals surface area contributed by atoms with E-state index in [0.717, 1.165) is 0 Å². The SMILES string of the molecule is COc1ccc(OCC(=O)NNC(=O)[C@H](C)Oc2ccccc2F)cc1. The van der Waals surface area contributed by atoms with Gasteiger partial charge in [0.2, 0.25) is 0 Å². The van der Waals surface area contributed by atoms with Crippen molar-refractivity contribution in [2.24, 2.45) is 0 Å². The second kappa shape index (κ2) is 9.26. The molecular formula is C18H19FN2O5. The lowest BCUT2D eigenvalue weighted by Gasteiger charge is -2.15. The summed E-state index contributed by atoms with van der Waals surface area (Å²) in [7, 11) is 1.54. The summed E-state index contributed by atoms with van der Waals surface area (Å²) < 4.78 is 29.0. The summed E-state index contributed by atoms with van der Waals surface area (Å²) in [6.45, 7) is 1.14. The molecule has 26 heavy (non-hydrogen) atoms. The van der Waals surface area contributed by atoms with Crippen molar-refractivity contribution < 1.29 is 28.2 Å². The van der Waals surface area contributed by atoms with Gasteiger partial charge in [0.25, 0.3) is 11.8 Å². The average molecular weight is 362 g/mol. The molecule has 2 aromatic rings. The zero-order valence-electron chi connectivity index (χ0n) is 14.3. The van der Waals surface area contributed by atoms with E-state index in [1.54, 1.807) is 37.4 Å². The van der Waals surface area contributed by atoms with Gasteiger partial charge in [0, 0.05) is 0 Å². The number of halogens is 1. The fraction of sp³-hybridized carbons (Fsp3) is 0.222. The maximum absolute atomic E-state index is 13.5. The van der Waals surface area contributed by atoms with Gasteiger partial charge in [-0.1, -0.05) is 12.1 Å². The summed E-state index contributed by atoms with van der Waals surface area (Å²) in [4.78, 5) is 23.6. The molecular weight excluding hydrogens is 343 g/mol. The number of hydrogen-bond donors (Lipinski definition) is 2. The molecule has 2 amide bonds. The predicted molar refractivity (Wildman–Crippen MR) is 91.3 cm³/mol. The van der Waals surface area contributed by atoms with Gasteiger partial charge in [0.05, 0.1) is 7.11 Å². The van der Waals surface area contributed by atoms with Crippen LogP contribution in [0.5, 0.6) is 17.2 Å². The molecule has 7 nitrogen and oxygen atoms in total. The first-order valence-corrected chi connectivity index (χ1v) is 7.76. The van der Waals surface area contributed by atoms with Crippen LogP contribution in [-0.4, -0.2) is 31.6 Å². The smallest absolute Gasteiger partial charge is 0.279 e. The van der Waals surface area contributed by atoms with Crippen LogP contribution in [0.4, 0.5) is 4.39 Å². The number of carbonyl (C=O) groups is 2. The van der Waals surface area contributed by atoms with Crippen molar-refractivity contribution in [3.8, 4) is 17.2 Å². The standard InChI is InChI=1S/C18H19FN2O5/c1-12(26-16-6-4-3-5-15(16)19)18(23)21-20-17(22)11-25-14-9-7-13(24-2)8-10-14/h3-10,12H,11H2,1-2H3,(H,20,22)(H,21,23)/t12-/m0/s1. The molecule has 138 valence electrons. The van der Waals surface area contributed by atoms with Crippen LogP contribution < -0.4 is 25.1 Å². The fourth-order valence-electron chi connectivity index (χ4n) is 1.87. The summed E-state index contributed by atoms with van der Waals surface area (Å²) in [5.74, 6) is -0.687. The first-order valence-electron chi connectivity index (χ1n) is 7.76. The average Bonchev–Trinajstić information content (AvgIpc) is 2.66. The Morgan fingerprint density at radius 1 is 1.04 bits per heavy atom. The minimum absolute atomic E-state index is 0.0516. The van der Waals surface area contributed by atoms with Crippen molar-refractivity contribution in [1.82, 2.24) is 10.9 Å². The van der Waals surface area contributed by atoms with Crippen LogP contribution in [0.3, 0.4) is 0 Å². The Morgan fingerprint density at radius 3 is 2.35 bits per heavy atom. The van der Waals surface area contributed by atoms with Gasteiger partial charge in [-0.25, -0.2) is 4.39 Å². The maximum Gasteiger partial charge on any atom is 0.279 e. The van der Waals surface area contributed by atoms with E-state index in [0.29, 0.717) is 11.5 Å². The summed E-state index contributed by atoms with van der Waals surface area (Å²) >= 11 is 0. The second-order valence-corrected chi connectivity index (χ2v) is 5.19. The lowest BCUT2D eigenvalue weighted by molar-refractivity contribution is -0.133. The first kappa shape index (κ1) is 19.0. The fourth-order valence-corrected chi connectivity index (χ4v) is 1.87. The number of ether oxygens (including phenoxy) is 3. The number of carbonyl (C=O) groups excluding carboxylic acids is 2. The monoisotopic (exact) mass is 362 g/mol. The van der Waals surface area contributed by atoms with E-state index in [-0.39, 0.29) is 12.4 Å². The first-order chi connectivity index (χ1) is 12.5. The Kier molecular flexibility index (Phi) is 6.78. The molecule has 2 rings (SSSR count). The molecule has 2 aromatic carbocycles. The van der Waals surface area contributed by atoms with E-state index in [1.807, 2.05) is 0 Å². The van der Waals surface area contributed by atoms with E-state index in [9.17, 15) is 14.0 Å². The zero-order valence-corrected chi connectivity index (χ0v) is 14.3. The van der Waals surface area contributed by atoms with Crippen LogP contribution >= 0.6 is 0 Å². The second-order valence-electron chi connectivity index (χ2n) is 5.19. The van der Waals surface area contributed by atoms with E-state index < -0.39 is 23.7 Å². The van der Waals surface area contributed by atoms with Gasteiger partial charge in [-0.2, -0.15) is 0 Å². The number of para-hydroxylation sites is 1. The van der Waals surface area contributed by atoms with Crippen LogP contribution in [0, 0.1) is 5.82 Å². The van der Waals surface area contributed by atoms with Crippen LogP contribution in [-0.2, 0) is 9.59 Å². The van der Waals surface area contributed by atoms with Crippen molar-refractivity contribution >= 4 is 11.8 Å². The zero-order chi connectivity index (χ0) is 18.9. The quantitative estimate of drug-likeness (QED) is 0.734. The van der Waals surface area contributed by atoms with Gasteiger partial charge in [-0.05, 0) is 43.3 Å². The number of benzene rings is 2. The largest absolute Gasteiger partial charge is 0.497 e. The highest BCUT2D eigenvalue weighted by Crippen LogP contribution is 2.17. The summed E-state index contributed by atoms with van der Waals surface area (Å²) in [6, 6.07) is 12.4. The lowest BCUT2D eigenvalue weighted by atomic mass is 10.3. The highest BCUT2D eigenvalue weighted by Gasteiger charge is 2.17. The van der Waals surface area contributed by atoms with E-state index >= 15 is 0 Å². The topological polar surface area (TPSA) is 85.9 Å². The number of amides is 2. The van der Waals surface area contributed by atoms with Crippen LogP contribution in [0.2, 0.25) is 0 Å². The van der Waals surface area contributed by atoms with Gasteiger partial charge in [-0.3, -0.25) is 20.4 Å². The van der Waals surface area contributed by atoms with E-state index in [2.05, 4.69) is 10.9 Å². The van der Waals surface area contributed by atoms with Crippen molar-refractivity contribution in [1.29, 1.82) is 0 Å². The van der Waals surface area contributed by atoms with Gasteiger partial charge in [-0.15, -0.1) is 0 Å². The highest BCUT2D eigenvalue weighted by molar-refractivity contribution is 5.85. The molecule has 0 saturated carbocycles. The van der Waals surface area contributed by atoms with E-state index in [4.69, 9.17) is 14.2 Å². The molecule has 0 aliphatic carbocycles. The predicted octanol–water partition coefficient (Wildman–Crippen LogP) is 1.83. The summed E-state index contributed by atoms with van der Waals surface area (Å²) in [6.07, 6.45) is -1.00. The molecule has 2 N–H and O–H groups in total. The molecule has 0 radical (unpaired) electrons. The molecule has 0 aromatic heterocycles. The van der Waals surface area contributed by atoms with Gasteiger partial charge >= 0.3 is 0 Å². The van der Waals surface area contributed by atoms with Gasteiger partial charge < -0.3 is 14.2 Å². The third kappa shape index (κ3) is 5.66. The van der Waals surface area contributed by atoms with E-state index in [1.165, 1.54) is 25.1 Å². The van der Waals surface area contributed by atoms with Crippen LogP contribution in [0.25, 0.3) is 0 Å². The van der Waals surface area contributed by atoms with Crippen molar-refractivity contribution in [2.45, 2.75) is 13.0 Å².